The summed E-state index contributed by atoms with van der Waals surface area (Å²) in [4.78, 5) is 8.82. The molecule has 1 N–H and O–H groups in total. The van der Waals surface area contributed by atoms with Gasteiger partial charge in [-0.25, -0.2) is 4.39 Å². The highest BCUT2D eigenvalue weighted by Crippen LogP contribution is 2.23. The summed E-state index contributed by atoms with van der Waals surface area (Å²) in [6.45, 7) is 0. The molecule has 3 nitrogen and oxygen atoms in total. The molecule has 1 atom stereocenters. The Bertz CT molecular complexity index is 464. The van der Waals surface area contributed by atoms with Gasteiger partial charge in [-0.2, -0.15) is 0 Å². The zero-order chi connectivity index (χ0) is 12.1. The highest BCUT2D eigenvalue weighted by Gasteiger charge is 2.09. The summed E-state index contributed by atoms with van der Waals surface area (Å²) in [7, 11) is 0. The van der Waals surface area contributed by atoms with Crippen LogP contribution in [-0.4, -0.2) is 20.8 Å². The van der Waals surface area contributed by atoms with Gasteiger partial charge in [-0.1, -0.05) is 0 Å². The predicted molar refractivity (Wildman–Crippen MR) is 64.1 cm³/mol. The molecule has 2 aromatic rings. The van der Waals surface area contributed by atoms with E-state index in [0.717, 1.165) is 4.90 Å². The van der Waals surface area contributed by atoms with Crippen molar-refractivity contribution < 1.29 is 9.50 Å². The molecule has 17 heavy (non-hydrogen) atoms. The van der Waals surface area contributed by atoms with E-state index in [4.69, 9.17) is 0 Å². The molecule has 0 amide bonds. The van der Waals surface area contributed by atoms with Gasteiger partial charge in [0.05, 0.1) is 11.9 Å². The summed E-state index contributed by atoms with van der Waals surface area (Å²) in [5.74, 6) is 0.202. The molecule has 2 rings (SSSR count). The number of aliphatic hydroxyl groups excluding tert-OH is 1. The number of halogens is 1. The Morgan fingerprint density at radius 3 is 2.65 bits per heavy atom. The lowest BCUT2D eigenvalue weighted by atomic mass is 10.3. The number of rotatable bonds is 4. The van der Waals surface area contributed by atoms with Crippen molar-refractivity contribution in [1.29, 1.82) is 0 Å². The molecule has 1 aromatic carbocycles. The Hall–Kier alpha value is -1.46. The number of hydrogen-bond acceptors (Lipinski definition) is 4. The SMILES string of the molecule is OC(CSc1ccc(F)cc1)c1cnccn1. The van der Waals surface area contributed by atoms with Crippen LogP contribution in [0.1, 0.15) is 11.8 Å². The topological polar surface area (TPSA) is 46.0 Å². The number of aliphatic hydroxyl groups is 1. The van der Waals surface area contributed by atoms with E-state index in [-0.39, 0.29) is 5.82 Å². The first-order valence-electron chi connectivity index (χ1n) is 5.08. The van der Waals surface area contributed by atoms with Crippen molar-refractivity contribution in [2.24, 2.45) is 0 Å². The summed E-state index contributed by atoms with van der Waals surface area (Å²) in [5.41, 5.74) is 0.544. The number of benzene rings is 1. The van der Waals surface area contributed by atoms with E-state index in [1.807, 2.05) is 0 Å². The molecule has 0 saturated heterocycles. The predicted octanol–water partition coefficient (Wildman–Crippen LogP) is 2.44. The van der Waals surface area contributed by atoms with Crippen LogP contribution >= 0.6 is 11.8 Å². The highest BCUT2D eigenvalue weighted by molar-refractivity contribution is 7.99. The molecule has 0 bridgehead atoms. The maximum Gasteiger partial charge on any atom is 0.123 e. The summed E-state index contributed by atoms with van der Waals surface area (Å²) in [5, 5.41) is 9.84. The molecular formula is C12H11FN2OS. The third kappa shape index (κ3) is 3.51. The zero-order valence-corrected chi connectivity index (χ0v) is 9.77. The Labute approximate surface area is 103 Å². The van der Waals surface area contributed by atoms with Gasteiger partial charge in [0.25, 0.3) is 0 Å². The van der Waals surface area contributed by atoms with Crippen LogP contribution in [0, 0.1) is 5.82 Å². The average Bonchev–Trinajstić information content (AvgIpc) is 2.39. The smallest absolute Gasteiger partial charge is 0.123 e. The van der Waals surface area contributed by atoms with Crippen molar-refractivity contribution in [2.45, 2.75) is 11.0 Å². The molecule has 88 valence electrons. The van der Waals surface area contributed by atoms with E-state index in [9.17, 15) is 9.50 Å². The first-order valence-corrected chi connectivity index (χ1v) is 6.06. The minimum atomic E-state index is -0.668. The van der Waals surface area contributed by atoms with Crippen molar-refractivity contribution in [2.75, 3.05) is 5.75 Å². The molecule has 0 saturated carbocycles. The molecule has 5 heteroatoms. The van der Waals surface area contributed by atoms with Gasteiger partial charge in [0, 0.05) is 23.0 Å². The fraction of sp³-hybridized carbons (Fsp3) is 0.167. The Morgan fingerprint density at radius 1 is 1.24 bits per heavy atom. The molecule has 0 fully saturated rings. The number of nitrogens with zero attached hydrogens (tertiary/aromatic N) is 2. The highest BCUT2D eigenvalue weighted by atomic mass is 32.2. The monoisotopic (exact) mass is 250 g/mol. The summed E-state index contributed by atoms with van der Waals surface area (Å²) < 4.78 is 12.7. The Balaban J connectivity index is 1.92. The first-order chi connectivity index (χ1) is 8.25. The van der Waals surface area contributed by atoms with E-state index in [1.165, 1.54) is 30.1 Å². The average molecular weight is 250 g/mol. The minimum absolute atomic E-state index is 0.260. The second-order valence-electron chi connectivity index (χ2n) is 3.41. The molecule has 1 unspecified atom stereocenters. The minimum Gasteiger partial charge on any atom is -0.386 e. The van der Waals surface area contributed by atoms with Crippen molar-refractivity contribution in [3.05, 3.63) is 54.4 Å². The molecule has 0 aliphatic heterocycles. The van der Waals surface area contributed by atoms with Gasteiger partial charge >= 0.3 is 0 Å². The Morgan fingerprint density at radius 2 is 2.00 bits per heavy atom. The van der Waals surface area contributed by atoms with Gasteiger partial charge in [-0.05, 0) is 24.3 Å². The van der Waals surface area contributed by atoms with Gasteiger partial charge in [0.1, 0.15) is 11.9 Å². The third-order valence-corrected chi connectivity index (χ3v) is 3.23. The van der Waals surface area contributed by atoms with Crippen LogP contribution in [0.15, 0.2) is 47.8 Å². The van der Waals surface area contributed by atoms with Crippen LogP contribution in [0.3, 0.4) is 0 Å². The quantitative estimate of drug-likeness (QED) is 0.847. The van der Waals surface area contributed by atoms with E-state index < -0.39 is 6.10 Å². The first kappa shape index (κ1) is 12.0. The van der Waals surface area contributed by atoms with Crippen molar-refractivity contribution in [3.63, 3.8) is 0 Å². The maximum absolute atomic E-state index is 12.7. The van der Waals surface area contributed by atoms with Crippen molar-refractivity contribution in [3.8, 4) is 0 Å². The van der Waals surface area contributed by atoms with Crippen LogP contribution in [0.5, 0.6) is 0 Å². The van der Waals surface area contributed by atoms with Crippen LogP contribution in [0.4, 0.5) is 4.39 Å². The molecule has 1 aromatic heterocycles. The number of aromatic nitrogens is 2. The second kappa shape index (κ2) is 5.75. The van der Waals surface area contributed by atoms with E-state index in [2.05, 4.69) is 9.97 Å². The number of thioether (sulfide) groups is 1. The fourth-order valence-electron chi connectivity index (χ4n) is 1.27. The normalized spacial score (nSPS) is 12.4. The summed E-state index contributed by atoms with van der Waals surface area (Å²) in [6, 6.07) is 6.17. The van der Waals surface area contributed by atoms with Crippen LogP contribution in [0.25, 0.3) is 0 Å². The molecule has 1 heterocycles. The molecule has 0 aliphatic rings. The zero-order valence-electron chi connectivity index (χ0n) is 8.95. The molecule has 0 spiro atoms. The van der Waals surface area contributed by atoms with Crippen LogP contribution in [0.2, 0.25) is 0 Å². The molecule has 0 aliphatic carbocycles. The second-order valence-corrected chi connectivity index (χ2v) is 4.50. The van der Waals surface area contributed by atoms with Gasteiger partial charge < -0.3 is 5.11 Å². The summed E-state index contributed by atoms with van der Waals surface area (Å²) >= 11 is 1.45. The third-order valence-electron chi connectivity index (χ3n) is 2.15. The van der Waals surface area contributed by atoms with Gasteiger partial charge in [0.2, 0.25) is 0 Å². The standard InChI is InChI=1S/C12H11FN2OS/c13-9-1-3-10(4-2-9)17-8-12(16)11-7-14-5-6-15-11/h1-7,12,16H,8H2. The van der Waals surface area contributed by atoms with Crippen LogP contribution in [-0.2, 0) is 0 Å². The maximum atomic E-state index is 12.7. The largest absolute Gasteiger partial charge is 0.386 e. The number of hydrogen-bond donors (Lipinski definition) is 1. The Kier molecular flexibility index (Phi) is 4.06. The van der Waals surface area contributed by atoms with Gasteiger partial charge in [0.15, 0.2) is 0 Å². The van der Waals surface area contributed by atoms with E-state index >= 15 is 0 Å². The van der Waals surface area contributed by atoms with Crippen molar-refractivity contribution in [1.82, 2.24) is 9.97 Å². The van der Waals surface area contributed by atoms with Crippen LogP contribution < -0.4 is 0 Å². The van der Waals surface area contributed by atoms with E-state index in [1.54, 1.807) is 24.5 Å². The lowest BCUT2D eigenvalue weighted by Gasteiger charge is -2.08. The molecular weight excluding hydrogens is 239 g/mol. The summed E-state index contributed by atoms with van der Waals surface area (Å²) in [6.07, 6.45) is 3.97. The molecule has 0 radical (unpaired) electrons. The van der Waals surface area contributed by atoms with E-state index in [0.29, 0.717) is 11.4 Å². The lowest BCUT2D eigenvalue weighted by Crippen LogP contribution is -2.03. The van der Waals surface area contributed by atoms with Crippen molar-refractivity contribution >= 4 is 11.8 Å². The fourth-order valence-corrected chi connectivity index (χ4v) is 2.12. The van der Waals surface area contributed by atoms with Gasteiger partial charge in [-0.3, -0.25) is 9.97 Å². The lowest BCUT2D eigenvalue weighted by molar-refractivity contribution is 0.198. The van der Waals surface area contributed by atoms with Gasteiger partial charge in [-0.15, -0.1) is 11.8 Å².